The summed E-state index contributed by atoms with van der Waals surface area (Å²) >= 11 is 0. The van der Waals surface area contributed by atoms with Crippen molar-refractivity contribution >= 4 is 40.3 Å². The van der Waals surface area contributed by atoms with Crippen LogP contribution in [0.3, 0.4) is 0 Å². The number of carboxylic acid groups (broad SMARTS) is 1. The number of pyridine rings is 1. The third-order valence-corrected chi connectivity index (χ3v) is 11.3. The minimum Gasteiger partial charge on any atom is -0.475 e. The fourth-order valence-corrected chi connectivity index (χ4v) is 8.37. The normalized spacial score (nSPS) is 21.2. The summed E-state index contributed by atoms with van der Waals surface area (Å²) in [5, 5.41) is 14.4. The molecule has 8 rings (SSSR count). The summed E-state index contributed by atoms with van der Waals surface area (Å²) in [4.78, 5) is 59.2. The maximum absolute atomic E-state index is 13.3. The highest BCUT2D eigenvalue weighted by molar-refractivity contribution is 6.03. The largest absolute Gasteiger partial charge is 0.490 e. The van der Waals surface area contributed by atoms with Crippen molar-refractivity contribution in [2.75, 3.05) is 56.2 Å². The van der Waals surface area contributed by atoms with Gasteiger partial charge in [0.2, 0.25) is 5.91 Å². The molecule has 14 nitrogen and oxygen atoms in total. The molecule has 0 aliphatic carbocycles. The first-order chi connectivity index (χ1) is 27.9. The molecule has 4 aliphatic heterocycles. The Kier molecular flexibility index (Phi) is 12.7. The number of carbonyl (C=O) groups is 3. The molecule has 4 fully saturated rings. The van der Waals surface area contributed by atoms with Gasteiger partial charge < -0.3 is 30.4 Å². The molecular formula is C41H48F3N9O5. The summed E-state index contributed by atoms with van der Waals surface area (Å²) in [7, 11) is 0. The molecule has 3 atom stereocenters. The Bertz CT molecular complexity index is 2090. The Labute approximate surface area is 333 Å². The topological polar surface area (TPSA) is 169 Å². The molecule has 2 bridgehead atoms. The number of alkyl halides is 3. The van der Waals surface area contributed by atoms with E-state index in [0.717, 1.165) is 72.7 Å². The van der Waals surface area contributed by atoms with E-state index in [-0.39, 0.29) is 17.9 Å². The molecule has 7 heterocycles. The van der Waals surface area contributed by atoms with E-state index in [1.807, 2.05) is 36.4 Å². The van der Waals surface area contributed by atoms with E-state index in [2.05, 4.69) is 57.9 Å². The lowest BCUT2D eigenvalue weighted by Gasteiger charge is -2.36. The molecule has 17 heteroatoms. The maximum atomic E-state index is 13.3. The number of amides is 2. The molecule has 3 aromatic heterocycles. The van der Waals surface area contributed by atoms with Crippen molar-refractivity contribution < 1.29 is 37.4 Å². The fourth-order valence-electron chi connectivity index (χ4n) is 8.37. The van der Waals surface area contributed by atoms with E-state index < -0.39 is 12.1 Å². The number of aromatic amines is 1. The number of piperidine rings is 2. The standard InChI is InChI=1S/C39H47N9O3.C2HF3O2/c1-26(22-48-31-5-2-6-32(48)12-11-31)38(49)44-30-4-3-15-46(24-30)23-27-13-14-40-35(20-27)39(50)43-29-9-7-28(8-10-29)34-21-33-36(45-34)41-25-42-37(33)47-16-18-51-19-17-47;3-2(4,5)1(6)7/h7-10,13-14,20-21,25,30-32H,1-6,11-12,15-19,22-24H2,(H,43,50)(H,44,49)(H,41,42,45);(H,6,7)/t30-,31?,32?;/m1./s1. The zero-order valence-corrected chi connectivity index (χ0v) is 32.1. The summed E-state index contributed by atoms with van der Waals surface area (Å²) in [5.41, 5.74) is 5.44. The molecule has 0 saturated carbocycles. The molecule has 4 N–H and O–H groups in total. The van der Waals surface area contributed by atoms with Crippen molar-refractivity contribution in [1.82, 2.24) is 35.1 Å². The number of benzene rings is 1. The van der Waals surface area contributed by atoms with E-state index in [1.165, 1.54) is 32.1 Å². The van der Waals surface area contributed by atoms with Gasteiger partial charge >= 0.3 is 12.1 Å². The second-order valence-corrected chi connectivity index (χ2v) is 15.3. The molecule has 308 valence electrons. The number of aliphatic carboxylic acids is 1. The smallest absolute Gasteiger partial charge is 0.475 e. The van der Waals surface area contributed by atoms with Gasteiger partial charge in [-0.1, -0.05) is 25.1 Å². The zero-order chi connectivity index (χ0) is 40.8. The predicted molar refractivity (Wildman–Crippen MR) is 211 cm³/mol. The Hall–Kier alpha value is -5.39. The predicted octanol–water partition coefficient (Wildman–Crippen LogP) is 5.40. The lowest BCUT2D eigenvalue weighted by Crippen LogP contribution is -2.49. The van der Waals surface area contributed by atoms with Crippen molar-refractivity contribution in [2.24, 2.45) is 0 Å². The van der Waals surface area contributed by atoms with Gasteiger partial charge in [-0.2, -0.15) is 13.2 Å². The number of H-pyrrole nitrogens is 1. The molecule has 4 aliphatic rings. The van der Waals surface area contributed by atoms with Crippen LogP contribution in [0.1, 0.15) is 61.0 Å². The van der Waals surface area contributed by atoms with Gasteiger partial charge in [0.05, 0.1) is 18.6 Å². The summed E-state index contributed by atoms with van der Waals surface area (Å²) in [6.07, 6.45) is 6.46. The highest BCUT2D eigenvalue weighted by atomic mass is 19.4. The lowest BCUT2D eigenvalue weighted by molar-refractivity contribution is -0.192. The minimum absolute atomic E-state index is 0.0173. The second-order valence-electron chi connectivity index (χ2n) is 15.3. The number of carboxylic acids is 1. The van der Waals surface area contributed by atoms with Crippen molar-refractivity contribution in [1.29, 1.82) is 0 Å². The van der Waals surface area contributed by atoms with Crippen LogP contribution in [0.2, 0.25) is 0 Å². The van der Waals surface area contributed by atoms with Gasteiger partial charge in [-0.15, -0.1) is 0 Å². The fraction of sp³-hybridized carbons (Fsp3) is 0.463. The third kappa shape index (κ3) is 10.00. The number of likely N-dealkylation sites (tertiary alicyclic amines) is 1. The zero-order valence-electron chi connectivity index (χ0n) is 32.1. The van der Waals surface area contributed by atoms with Gasteiger partial charge in [-0.25, -0.2) is 14.8 Å². The van der Waals surface area contributed by atoms with E-state index in [4.69, 9.17) is 14.6 Å². The summed E-state index contributed by atoms with van der Waals surface area (Å²) in [5.74, 6) is -2.12. The van der Waals surface area contributed by atoms with Crippen LogP contribution in [0.4, 0.5) is 24.7 Å². The Morgan fingerprint density at radius 1 is 0.931 bits per heavy atom. The summed E-state index contributed by atoms with van der Waals surface area (Å²) in [6.45, 7) is 10.2. The number of anilines is 2. The van der Waals surface area contributed by atoms with Crippen LogP contribution in [0.15, 0.2) is 67.1 Å². The van der Waals surface area contributed by atoms with Gasteiger partial charge in [0.25, 0.3) is 5.91 Å². The van der Waals surface area contributed by atoms with Gasteiger partial charge in [0.1, 0.15) is 23.5 Å². The number of carbonyl (C=O) groups excluding carboxylic acids is 2. The van der Waals surface area contributed by atoms with E-state index in [0.29, 0.717) is 55.3 Å². The monoisotopic (exact) mass is 803 g/mol. The average Bonchev–Trinajstić information content (AvgIpc) is 3.74. The van der Waals surface area contributed by atoms with Gasteiger partial charge in [-0.05, 0) is 86.5 Å². The van der Waals surface area contributed by atoms with Crippen LogP contribution in [0.25, 0.3) is 22.3 Å². The quantitative estimate of drug-likeness (QED) is 0.152. The Morgan fingerprint density at radius 2 is 1.66 bits per heavy atom. The first-order valence-electron chi connectivity index (χ1n) is 19.7. The number of hydrogen-bond donors (Lipinski definition) is 4. The molecule has 2 unspecified atom stereocenters. The Morgan fingerprint density at radius 3 is 2.36 bits per heavy atom. The number of nitrogens with zero attached hydrogens (tertiary/aromatic N) is 6. The van der Waals surface area contributed by atoms with Crippen LogP contribution in [-0.2, 0) is 20.9 Å². The minimum atomic E-state index is -5.08. The molecule has 1 aromatic carbocycles. The van der Waals surface area contributed by atoms with Crippen molar-refractivity contribution in [2.45, 2.75) is 75.8 Å². The molecule has 0 radical (unpaired) electrons. The first kappa shape index (κ1) is 40.8. The van der Waals surface area contributed by atoms with Crippen LogP contribution >= 0.6 is 0 Å². The van der Waals surface area contributed by atoms with E-state index >= 15 is 0 Å². The second kappa shape index (κ2) is 18.0. The summed E-state index contributed by atoms with van der Waals surface area (Å²) < 4.78 is 37.2. The number of rotatable bonds is 10. The van der Waals surface area contributed by atoms with Crippen LogP contribution in [0, 0.1) is 0 Å². The van der Waals surface area contributed by atoms with E-state index in [1.54, 1.807) is 12.5 Å². The van der Waals surface area contributed by atoms with Crippen molar-refractivity contribution in [3.05, 3.63) is 78.4 Å². The number of hydrogen-bond acceptors (Lipinski definition) is 10. The Balaban J connectivity index is 0.000000672. The first-order valence-corrected chi connectivity index (χ1v) is 19.7. The van der Waals surface area contributed by atoms with Crippen LogP contribution in [0.5, 0.6) is 0 Å². The van der Waals surface area contributed by atoms with E-state index in [9.17, 15) is 22.8 Å². The number of nitrogens with one attached hydrogen (secondary N) is 3. The number of halogens is 3. The van der Waals surface area contributed by atoms with Crippen LogP contribution in [-0.4, -0.2) is 123 Å². The summed E-state index contributed by atoms with van der Waals surface area (Å²) in [6, 6.07) is 15.0. The molecular weight excluding hydrogens is 756 g/mol. The molecule has 0 spiro atoms. The molecule has 4 saturated heterocycles. The average molecular weight is 804 g/mol. The lowest BCUT2D eigenvalue weighted by atomic mass is 10.0. The van der Waals surface area contributed by atoms with Gasteiger partial charge in [0, 0.05) is 74.0 Å². The molecule has 58 heavy (non-hydrogen) atoms. The SMILES string of the molecule is C=C(CN1C2CCCC1CC2)C(=O)N[C@@H]1CCCN(Cc2ccnc(C(=O)Nc3ccc(-c4cc5c(N6CCOCC6)ncnc5[nH]4)cc3)c2)C1.O=C(O)C(F)(F)F. The van der Waals surface area contributed by atoms with Crippen LogP contribution < -0.4 is 15.5 Å². The molecule has 2 amide bonds. The van der Waals surface area contributed by atoms with Crippen molar-refractivity contribution in [3.8, 4) is 11.3 Å². The number of fused-ring (bicyclic) bond motifs is 3. The highest BCUT2D eigenvalue weighted by Crippen LogP contribution is 2.36. The van der Waals surface area contributed by atoms with Gasteiger partial charge in [0.15, 0.2) is 0 Å². The number of ether oxygens (including phenoxy) is 1. The van der Waals surface area contributed by atoms with Crippen molar-refractivity contribution in [3.63, 3.8) is 0 Å². The highest BCUT2D eigenvalue weighted by Gasteiger charge is 2.38. The number of aromatic nitrogens is 4. The molecule has 4 aromatic rings. The van der Waals surface area contributed by atoms with Gasteiger partial charge in [-0.3, -0.25) is 24.4 Å². The number of morpholine rings is 1. The third-order valence-electron chi connectivity index (χ3n) is 11.3. The maximum Gasteiger partial charge on any atom is 0.490 e.